The molecule has 0 unspecified atom stereocenters. The molecule has 5 heteroatoms. The van der Waals surface area contributed by atoms with Gasteiger partial charge in [-0.1, -0.05) is 17.7 Å². The fourth-order valence-corrected chi connectivity index (χ4v) is 2.56. The summed E-state index contributed by atoms with van der Waals surface area (Å²) >= 11 is 5.59. The van der Waals surface area contributed by atoms with Crippen LogP contribution in [0.3, 0.4) is 0 Å². The first-order chi connectivity index (χ1) is 8.47. The highest BCUT2D eigenvalue weighted by molar-refractivity contribution is 6.31. The van der Waals surface area contributed by atoms with E-state index in [9.17, 15) is 13.2 Å². The van der Waals surface area contributed by atoms with Crippen molar-refractivity contribution >= 4 is 11.6 Å². The molecule has 1 fully saturated rings. The molecule has 1 aromatic rings. The van der Waals surface area contributed by atoms with E-state index >= 15 is 0 Å². The van der Waals surface area contributed by atoms with Crippen LogP contribution in [0.2, 0.25) is 5.02 Å². The van der Waals surface area contributed by atoms with Gasteiger partial charge >= 0.3 is 6.18 Å². The van der Waals surface area contributed by atoms with Gasteiger partial charge in [0.25, 0.3) is 0 Å². The molecular formula is C13H15ClF3N. The van der Waals surface area contributed by atoms with Gasteiger partial charge < -0.3 is 5.32 Å². The fourth-order valence-electron chi connectivity index (χ4n) is 2.34. The monoisotopic (exact) mass is 277 g/mol. The highest BCUT2D eigenvalue weighted by Gasteiger charge is 2.33. The second-order valence-corrected chi connectivity index (χ2v) is 5.12. The molecule has 100 valence electrons. The zero-order chi connectivity index (χ0) is 13.2. The van der Waals surface area contributed by atoms with Crippen LogP contribution in [0.1, 0.15) is 24.0 Å². The van der Waals surface area contributed by atoms with E-state index in [1.165, 1.54) is 12.1 Å². The Balaban J connectivity index is 2.14. The molecule has 1 aliphatic rings. The summed E-state index contributed by atoms with van der Waals surface area (Å²) < 4.78 is 38.1. The van der Waals surface area contributed by atoms with E-state index in [4.69, 9.17) is 11.6 Å². The van der Waals surface area contributed by atoms with Gasteiger partial charge in [-0.2, -0.15) is 13.2 Å². The number of hydrogen-bond acceptors (Lipinski definition) is 1. The Bertz CT molecular complexity index is 411. The highest BCUT2D eigenvalue weighted by Crippen LogP contribution is 2.35. The van der Waals surface area contributed by atoms with Crippen LogP contribution in [-0.4, -0.2) is 13.1 Å². The Morgan fingerprint density at radius 3 is 2.50 bits per heavy atom. The van der Waals surface area contributed by atoms with E-state index in [-0.39, 0.29) is 5.02 Å². The third kappa shape index (κ3) is 3.39. The maximum absolute atomic E-state index is 12.7. The maximum atomic E-state index is 12.7. The first-order valence-electron chi connectivity index (χ1n) is 6.03. The molecule has 0 radical (unpaired) electrons. The van der Waals surface area contributed by atoms with E-state index in [1.807, 2.05) is 0 Å². The zero-order valence-electron chi connectivity index (χ0n) is 9.86. The van der Waals surface area contributed by atoms with Gasteiger partial charge in [-0.3, -0.25) is 0 Å². The molecule has 1 aromatic carbocycles. The van der Waals surface area contributed by atoms with E-state index in [0.717, 1.165) is 31.5 Å². The van der Waals surface area contributed by atoms with Gasteiger partial charge in [-0.25, -0.2) is 0 Å². The molecule has 0 bridgehead atoms. The number of alkyl halides is 3. The molecule has 1 nitrogen and oxygen atoms in total. The fraction of sp³-hybridized carbons (Fsp3) is 0.538. The molecule has 0 aromatic heterocycles. The van der Waals surface area contributed by atoms with Crippen molar-refractivity contribution in [1.29, 1.82) is 0 Å². The second-order valence-electron chi connectivity index (χ2n) is 4.71. The predicted molar refractivity (Wildman–Crippen MR) is 65.8 cm³/mol. The lowest BCUT2D eigenvalue weighted by Gasteiger charge is -2.23. The number of benzene rings is 1. The van der Waals surface area contributed by atoms with Crippen molar-refractivity contribution in [3.63, 3.8) is 0 Å². The Morgan fingerprint density at radius 2 is 1.89 bits per heavy atom. The summed E-state index contributed by atoms with van der Waals surface area (Å²) in [5.41, 5.74) is -0.00535. The van der Waals surface area contributed by atoms with Crippen LogP contribution >= 0.6 is 11.6 Å². The summed E-state index contributed by atoms with van der Waals surface area (Å²) in [4.78, 5) is 0. The summed E-state index contributed by atoms with van der Waals surface area (Å²) in [6.45, 7) is 1.90. The minimum absolute atomic E-state index is 0.225. The minimum Gasteiger partial charge on any atom is -0.317 e. The van der Waals surface area contributed by atoms with E-state index in [0.29, 0.717) is 12.3 Å². The number of piperidine rings is 1. The number of hydrogen-bond donors (Lipinski definition) is 1. The first kappa shape index (κ1) is 13.7. The summed E-state index contributed by atoms with van der Waals surface area (Å²) in [7, 11) is 0. The van der Waals surface area contributed by atoms with Crippen molar-refractivity contribution in [1.82, 2.24) is 5.32 Å². The average Bonchev–Trinajstić information content (AvgIpc) is 2.31. The molecule has 1 N–H and O–H groups in total. The van der Waals surface area contributed by atoms with Crippen LogP contribution in [0.5, 0.6) is 0 Å². The quantitative estimate of drug-likeness (QED) is 0.864. The van der Waals surface area contributed by atoms with Gasteiger partial charge in [0.1, 0.15) is 0 Å². The molecule has 0 saturated carbocycles. The Hall–Kier alpha value is -0.740. The summed E-state index contributed by atoms with van der Waals surface area (Å²) in [5.74, 6) is 0.466. The summed E-state index contributed by atoms with van der Waals surface area (Å²) in [6.07, 6.45) is -1.64. The second kappa shape index (κ2) is 5.49. The largest absolute Gasteiger partial charge is 0.417 e. The van der Waals surface area contributed by atoms with Crippen LogP contribution in [0.4, 0.5) is 13.2 Å². The molecule has 0 amide bonds. The molecule has 0 spiro atoms. The molecule has 1 saturated heterocycles. The number of halogens is 4. The first-order valence-corrected chi connectivity index (χ1v) is 6.41. The van der Waals surface area contributed by atoms with Crippen molar-refractivity contribution in [2.45, 2.75) is 25.4 Å². The average molecular weight is 278 g/mol. The third-order valence-corrected chi connectivity index (χ3v) is 3.65. The van der Waals surface area contributed by atoms with E-state index < -0.39 is 11.7 Å². The van der Waals surface area contributed by atoms with Crippen LogP contribution in [0.15, 0.2) is 18.2 Å². The smallest absolute Gasteiger partial charge is 0.317 e. The third-order valence-electron chi connectivity index (χ3n) is 3.32. The molecule has 18 heavy (non-hydrogen) atoms. The lowest BCUT2D eigenvalue weighted by molar-refractivity contribution is -0.137. The molecule has 1 heterocycles. The SMILES string of the molecule is FC(F)(F)c1cc(CC2CCNCC2)ccc1Cl. The molecular weight excluding hydrogens is 263 g/mol. The minimum atomic E-state index is -4.37. The highest BCUT2D eigenvalue weighted by atomic mass is 35.5. The van der Waals surface area contributed by atoms with Crippen LogP contribution in [-0.2, 0) is 12.6 Å². The topological polar surface area (TPSA) is 12.0 Å². The van der Waals surface area contributed by atoms with Gasteiger partial charge in [0, 0.05) is 0 Å². The number of nitrogens with one attached hydrogen (secondary N) is 1. The van der Waals surface area contributed by atoms with Crippen LogP contribution in [0, 0.1) is 5.92 Å². The lowest BCUT2D eigenvalue weighted by atomic mass is 9.90. The van der Waals surface area contributed by atoms with Gasteiger partial charge in [0.2, 0.25) is 0 Å². The van der Waals surface area contributed by atoms with E-state index in [2.05, 4.69) is 5.32 Å². The Kier molecular flexibility index (Phi) is 4.17. The van der Waals surface area contributed by atoms with Gasteiger partial charge in [0.15, 0.2) is 0 Å². The van der Waals surface area contributed by atoms with Crippen LogP contribution in [0.25, 0.3) is 0 Å². The zero-order valence-corrected chi connectivity index (χ0v) is 10.6. The van der Waals surface area contributed by atoms with Crippen molar-refractivity contribution in [3.05, 3.63) is 34.3 Å². The molecule has 1 aliphatic heterocycles. The normalized spacial score (nSPS) is 18.0. The van der Waals surface area contributed by atoms with Crippen molar-refractivity contribution < 1.29 is 13.2 Å². The summed E-state index contributed by atoms with van der Waals surface area (Å²) in [6, 6.07) is 4.23. The molecule has 0 atom stereocenters. The standard InChI is InChI=1S/C13H15ClF3N/c14-12-2-1-10(8-11(12)13(15,16)17)7-9-3-5-18-6-4-9/h1-2,8-9,18H,3-7H2. The number of rotatable bonds is 2. The maximum Gasteiger partial charge on any atom is 0.417 e. The van der Waals surface area contributed by atoms with E-state index in [1.54, 1.807) is 6.07 Å². The predicted octanol–water partition coefficient (Wildman–Crippen LogP) is 3.90. The van der Waals surface area contributed by atoms with Gasteiger partial charge in [-0.05, 0) is 56.0 Å². The summed E-state index contributed by atoms with van der Waals surface area (Å²) in [5, 5.41) is 3.02. The molecule has 2 rings (SSSR count). The van der Waals surface area contributed by atoms with Crippen molar-refractivity contribution in [2.75, 3.05) is 13.1 Å². The lowest BCUT2D eigenvalue weighted by Crippen LogP contribution is -2.28. The Labute approximate surface area is 109 Å². The van der Waals surface area contributed by atoms with Crippen LogP contribution < -0.4 is 5.32 Å². The van der Waals surface area contributed by atoms with Gasteiger partial charge in [0.05, 0.1) is 10.6 Å². The molecule has 0 aliphatic carbocycles. The van der Waals surface area contributed by atoms with Crippen molar-refractivity contribution in [3.8, 4) is 0 Å². The van der Waals surface area contributed by atoms with Gasteiger partial charge in [-0.15, -0.1) is 0 Å². The van der Waals surface area contributed by atoms with Crippen molar-refractivity contribution in [2.24, 2.45) is 5.92 Å². The Morgan fingerprint density at radius 1 is 1.22 bits per heavy atom.